The number of ether oxygens (including phenoxy) is 1. The van der Waals surface area contributed by atoms with Crippen LogP contribution in [0.2, 0.25) is 0 Å². The average molecular weight is 290 g/mol. The van der Waals surface area contributed by atoms with Gasteiger partial charge in [-0.15, -0.1) is 0 Å². The molecule has 1 aliphatic carbocycles. The largest absolute Gasteiger partial charge is 0.445 e. The first-order valence-corrected chi connectivity index (χ1v) is 7.91. The van der Waals surface area contributed by atoms with Gasteiger partial charge < -0.3 is 15.8 Å². The molecule has 0 aliphatic heterocycles. The zero-order valence-corrected chi connectivity index (χ0v) is 12.6. The molecule has 1 saturated carbocycles. The van der Waals surface area contributed by atoms with Crippen LogP contribution in [-0.2, 0) is 11.3 Å². The van der Waals surface area contributed by atoms with Crippen LogP contribution >= 0.6 is 0 Å². The minimum Gasteiger partial charge on any atom is -0.445 e. The van der Waals surface area contributed by atoms with Crippen molar-refractivity contribution in [2.75, 3.05) is 6.54 Å². The molecule has 116 valence electrons. The van der Waals surface area contributed by atoms with Crippen molar-refractivity contribution < 1.29 is 9.53 Å². The molecule has 1 aromatic carbocycles. The molecule has 21 heavy (non-hydrogen) atoms. The number of amides is 1. The molecular weight excluding hydrogens is 264 g/mol. The Hall–Kier alpha value is -1.55. The second kappa shape index (κ2) is 8.03. The molecule has 0 heterocycles. The summed E-state index contributed by atoms with van der Waals surface area (Å²) in [6.45, 7) is 0.945. The van der Waals surface area contributed by atoms with Crippen LogP contribution in [0.15, 0.2) is 30.3 Å². The van der Waals surface area contributed by atoms with Crippen molar-refractivity contribution in [1.29, 1.82) is 0 Å². The lowest BCUT2D eigenvalue weighted by Crippen LogP contribution is -2.42. The van der Waals surface area contributed by atoms with Crippen molar-refractivity contribution in [1.82, 2.24) is 5.32 Å². The average Bonchev–Trinajstić information content (AvgIpc) is 2.51. The number of carbonyl (C=O) groups excluding carboxylic acids is 1. The molecule has 0 saturated heterocycles. The summed E-state index contributed by atoms with van der Waals surface area (Å²) in [5.74, 6) is 0. The van der Waals surface area contributed by atoms with E-state index in [2.05, 4.69) is 5.32 Å². The van der Waals surface area contributed by atoms with E-state index in [1.165, 1.54) is 19.3 Å². The molecule has 4 heteroatoms. The first kappa shape index (κ1) is 15.8. The van der Waals surface area contributed by atoms with Crippen LogP contribution in [0, 0.1) is 0 Å². The van der Waals surface area contributed by atoms with Gasteiger partial charge in [-0.1, -0.05) is 49.6 Å². The molecule has 0 aromatic heterocycles. The van der Waals surface area contributed by atoms with Crippen molar-refractivity contribution in [3.05, 3.63) is 35.9 Å². The lowest BCUT2D eigenvalue weighted by atomic mass is 9.79. The van der Waals surface area contributed by atoms with Crippen molar-refractivity contribution in [3.63, 3.8) is 0 Å². The standard InChI is InChI=1S/C17H26N2O2/c18-17(10-5-2-6-11-17)12-7-13-19-16(20)21-14-15-8-3-1-4-9-15/h1,3-4,8-9H,2,5-7,10-14,18H2,(H,19,20). The van der Waals surface area contributed by atoms with E-state index in [9.17, 15) is 4.79 Å². The van der Waals surface area contributed by atoms with Gasteiger partial charge in [-0.3, -0.25) is 0 Å². The number of hydrogen-bond acceptors (Lipinski definition) is 3. The Bertz CT molecular complexity index is 428. The Morgan fingerprint density at radius 2 is 1.90 bits per heavy atom. The predicted octanol–water partition coefficient (Wildman–Crippen LogP) is 3.35. The maximum absolute atomic E-state index is 11.6. The first-order chi connectivity index (χ1) is 10.2. The lowest BCUT2D eigenvalue weighted by Gasteiger charge is -2.33. The molecule has 0 bridgehead atoms. The summed E-state index contributed by atoms with van der Waals surface area (Å²) < 4.78 is 5.16. The van der Waals surface area contributed by atoms with Gasteiger partial charge in [0.25, 0.3) is 0 Å². The van der Waals surface area contributed by atoms with E-state index in [0.717, 1.165) is 31.2 Å². The topological polar surface area (TPSA) is 64.3 Å². The molecule has 0 radical (unpaired) electrons. The van der Waals surface area contributed by atoms with Crippen molar-refractivity contribution in [2.45, 2.75) is 57.1 Å². The Kier molecular flexibility index (Phi) is 6.05. The van der Waals surface area contributed by atoms with Crippen LogP contribution in [0.25, 0.3) is 0 Å². The molecule has 1 aliphatic rings. The molecule has 2 rings (SSSR count). The summed E-state index contributed by atoms with van der Waals surface area (Å²) in [6.07, 6.45) is 7.56. The van der Waals surface area contributed by atoms with Gasteiger partial charge in [-0.05, 0) is 31.2 Å². The van der Waals surface area contributed by atoms with Gasteiger partial charge in [0.2, 0.25) is 0 Å². The normalized spacial score (nSPS) is 17.2. The number of carbonyl (C=O) groups is 1. The third-order valence-corrected chi connectivity index (χ3v) is 4.18. The highest BCUT2D eigenvalue weighted by molar-refractivity contribution is 5.67. The number of nitrogens with two attached hydrogens (primary N) is 1. The fraction of sp³-hybridized carbons (Fsp3) is 0.588. The van der Waals surface area contributed by atoms with Gasteiger partial charge in [-0.25, -0.2) is 4.79 Å². The van der Waals surface area contributed by atoms with E-state index in [1.54, 1.807) is 0 Å². The number of alkyl carbamates (subject to hydrolysis) is 1. The Balaban J connectivity index is 1.57. The van der Waals surface area contributed by atoms with Crippen molar-refractivity contribution in [3.8, 4) is 0 Å². The van der Waals surface area contributed by atoms with Gasteiger partial charge in [0.1, 0.15) is 6.61 Å². The Morgan fingerprint density at radius 3 is 2.62 bits per heavy atom. The highest BCUT2D eigenvalue weighted by atomic mass is 16.5. The number of rotatable bonds is 6. The summed E-state index contributed by atoms with van der Waals surface area (Å²) in [7, 11) is 0. The zero-order valence-electron chi connectivity index (χ0n) is 12.6. The van der Waals surface area contributed by atoms with Crippen LogP contribution in [0.1, 0.15) is 50.5 Å². The molecular formula is C17H26N2O2. The van der Waals surface area contributed by atoms with E-state index < -0.39 is 0 Å². The number of benzene rings is 1. The summed E-state index contributed by atoms with van der Waals surface area (Å²) in [4.78, 5) is 11.6. The lowest BCUT2D eigenvalue weighted by molar-refractivity contribution is 0.139. The fourth-order valence-electron chi connectivity index (χ4n) is 2.91. The predicted molar refractivity (Wildman–Crippen MR) is 83.9 cm³/mol. The summed E-state index contributed by atoms with van der Waals surface area (Å²) in [5.41, 5.74) is 7.36. The molecule has 4 nitrogen and oxygen atoms in total. The van der Waals surface area contributed by atoms with Crippen molar-refractivity contribution in [2.24, 2.45) is 5.73 Å². The van der Waals surface area contributed by atoms with Gasteiger partial charge in [0.15, 0.2) is 0 Å². The van der Waals surface area contributed by atoms with Crippen LogP contribution < -0.4 is 11.1 Å². The Labute approximate surface area is 127 Å². The van der Waals surface area contributed by atoms with Gasteiger partial charge in [0, 0.05) is 12.1 Å². The monoisotopic (exact) mass is 290 g/mol. The number of hydrogen-bond donors (Lipinski definition) is 2. The van der Waals surface area contributed by atoms with Crippen LogP contribution in [-0.4, -0.2) is 18.2 Å². The summed E-state index contributed by atoms with van der Waals surface area (Å²) in [6, 6.07) is 9.68. The molecule has 3 N–H and O–H groups in total. The summed E-state index contributed by atoms with van der Waals surface area (Å²) in [5, 5.41) is 2.79. The molecule has 1 aromatic rings. The summed E-state index contributed by atoms with van der Waals surface area (Å²) >= 11 is 0. The van der Waals surface area contributed by atoms with Crippen LogP contribution in [0.5, 0.6) is 0 Å². The minimum absolute atomic E-state index is 0.00608. The maximum Gasteiger partial charge on any atom is 0.407 e. The SMILES string of the molecule is NC1(CCCNC(=O)OCc2ccccc2)CCCCC1. The second-order valence-electron chi connectivity index (χ2n) is 6.02. The van der Waals surface area contributed by atoms with Crippen molar-refractivity contribution >= 4 is 6.09 Å². The molecule has 0 unspecified atom stereocenters. The molecule has 1 amide bonds. The van der Waals surface area contributed by atoms with E-state index in [1.807, 2.05) is 30.3 Å². The fourth-order valence-corrected chi connectivity index (χ4v) is 2.91. The van der Waals surface area contributed by atoms with Gasteiger partial charge in [0.05, 0.1) is 0 Å². The smallest absolute Gasteiger partial charge is 0.407 e. The van der Waals surface area contributed by atoms with Crippen LogP contribution in [0.3, 0.4) is 0 Å². The number of nitrogens with one attached hydrogen (secondary N) is 1. The first-order valence-electron chi connectivity index (χ1n) is 7.91. The quantitative estimate of drug-likeness (QED) is 0.790. The van der Waals surface area contributed by atoms with Gasteiger partial charge in [-0.2, -0.15) is 0 Å². The van der Waals surface area contributed by atoms with Gasteiger partial charge >= 0.3 is 6.09 Å². The molecule has 1 fully saturated rings. The van der Waals surface area contributed by atoms with Crippen LogP contribution in [0.4, 0.5) is 4.79 Å². The highest BCUT2D eigenvalue weighted by Crippen LogP contribution is 2.29. The third kappa shape index (κ3) is 5.76. The minimum atomic E-state index is -0.353. The zero-order chi connectivity index (χ0) is 15.0. The van der Waals surface area contributed by atoms with E-state index in [-0.39, 0.29) is 11.6 Å². The maximum atomic E-state index is 11.6. The van der Waals surface area contributed by atoms with E-state index >= 15 is 0 Å². The van der Waals surface area contributed by atoms with E-state index in [4.69, 9.17) is 10.5 Å². The highest BCUT2D eigenvalue weighted by Gasteiger charge is 2.26. The third-order valence-electron chi connectivity index (χ3n) is 4.18. The molecule has 0 spiro atoms. The molecule has 0 atom stereocenters. The van der Waals surface area contributed by atoms with E-state index in [0.29, 0.717) is 13.2 Å². The second-order valence-corrected chi connectivity index (χ2v) is 6.02. The Morgan fingerprint density at radius 1 is 1.19 bits per heavy atom.